The second-order valence-corrected chi connectivity index (χ2v) is 7.46. The fourth-order valence-corrected chi connectivity index (χ4v) is 3.64. The molecule has 0 amide bonds. The lowest BCUT2D eigenvalue weighted by Crippen LogP contribution is -2.12. The van der Waals surface area contributed by atoms with Crippen molar-refractivity contribution < 1.29 is 0 Å². The maximum absolute atomic E-state index is 4.91. The Morgan fingerprint density at radius 2 is 1.77 bits per heavy atom. The molecule has 0 aliphatic rings. The van der Waals surface area contributed by atoms with Gasteiger partial charge in [0, 0.05) is 18.3 Å². The highest BCUT2D eigenvalue weighted by molar-refractivity contribution is 5.91. The number of hydrogen-bond acceptors (Lipinski definition) is 3. The van der Waals surface area contributed by atoms with E-state index in [1.165, 1.54) is 22.2 Å². The molecule has 0 fully saturated rings. The van der Waals surface area contributed by atoms with Gasteiger partial charge < -0.3 is 15.2 Å². The third-order valence-corrected chi connectivity index (χ3v) is 4.57. The molecular formula is C22H30N4. The monoisotopic (exact) mass is 350 g/mol. The number of aryl methyl sites for hydroxylation is 4. The predicted molar refractivity (Wildman–Crippen MR) is 113 cm³/mol. The zero-order valence-electron chi connectivity index (χ0n) is 16.8. The van der Waals surface area contributed by atoms with Crippen molar-refractivity contribution in [3.8, 4) is 0 Å². The molecule has 0 aliphatic carbocycles. The summed E-state index contributed by atoms with van der Waals surface area (Å²) in [5.74, 6) is 0.912. The molecule has 1 heterocycles. The van der Waals surface area contributed by atoms with E-state index in [1.807, 2.05) is 0 Å². The van der Waals surface area contributed by atoms with Crippen LogP contribution in [-0.4, -0.2) is 15.6 Å². The highest BCUT2D eigenvalue weighted by Gasteiger charge is 2.16. The quantitative estimate of drug-likeness (QED) is 0.578. The summed E-state index contributed by atoms with van der Waals surface area (Å²) in [5.41, 5.74) is 8.28. The molecule has 1 aromatic heterocycles. The van der Waals surface area contributed by atoms with Crippen LogP contribution >= 0.6 is 0 Å². The van der Waals surface area contributed by atoms with Crippen LogP contribution in [0.1, 0.15) is 43.9 Å². The van der Waals surface area contributed by atoms with Gasteiger partial charge in [-0.3, -0.25) is 0 Å². The Balaban J connectivity index is 2.13. The van der Waals surface area contributed by atoms with Gasteiger partial charge in [0.15, 0.2) is 0 Å². The standard InChI is InChI=1S/C22H30N4/c1-7-11-26-21-18(23-14(2)3)9-8-10-19(21)24-22(26)25-20-16(5)12-15(4)13-17(20)6/h8-10,12-14,23H,7,11H2,1-6H3,(H,24,25). The number of anilines is 3. The second-order valence-electron chi connectivity index (χ2n) is 7.46. The molecule has 0 spiro atoms. The van der Waals surface area contributed by atoms with Crippen molar-refractivity contribution >= 4 is 28.4 Å². The molecule has 2 aromatic carbocycles. The maximum atomic E-state index is 4.91. The summed E-state index contributed by atoms with van der Waals surface area (Å²) in [6.07, 6.45) is 1.06. The molecule has 26 heavy (non-hydrogen) atoms. The molecule has 0 unspecified atom stereocenters. The van der Waals surface area contributed by atoms with E-state index in [4.69, 9.17) is 4.98 Å². The van der Waals surface area contributed by atoms with E-state index in [2.05, 4.69) is 87.1 Å². The number of benzene rings is 2. The molecule has 0 bridgehead atoms. The van der Waals surface area contributed by atoms with Crippen molar-refractivity contribution in [3.05, 3.63) is 47.0 Å². The van der Waals surface area contributed by atoms with Gasteiger partial charge in [0.05, 0.1) is 16.7 Å². The van der Waals surface area contributed by atoms with E-state index in [-0.39, 0.29) is 0 Å². The third kappa shape index (κ3) is 3.55. The van der Waals surface area contributed by atoms with Gasteiger partial charge in [-0.1, -0.05) is 30.7 Å². The van der Waals surface area contributed by atoms with Crippen LogP contribution in [-0.2, 0) is 6.54 Å². The average Bonchev–Trinajstić information content (AvgIpc) is 2.89. The molecule has 3 aromatic rings. The summed E-state index contributed by atoms with van der Waals surface area (Å²) < 4.78 is 2.30. The van der Waals surface area contributed by atoms with Crippen LogP contribution in [0.3, 0.4) is 0 Å². The molecular weight excluding hydrogens is 320 g/mol. The van der Waals surface area contributed by atoms with Crippen LogP contribution in [0, 0.1) is 20.8 Å². The minimum atomic E-state index is 0.378. The smallest absolute Gasteiger partial charge is 0.208 e. The number of fused-ring (bicyclic) bond motifs is 1. The largest absolute Gasteiger partial charge is 0.381 e. The first-order valence-electron chi connectivity index (χ1n) is 9.51. The Hall–Kier alpha value is -2.49. The predicted octanol–water partition coefficient (Wildman–Crippen LogP) is 5.94. The van der Waals surface area contributed by atoms with Gasteiger partial charge in [-0.25, -0.2) is 4.98 Å². The lowest BCUT2D eigenvalue weighted by molar-refractivity contribution is 0.705. The Kier molecular flexibility index (Phi) is 5.21. The summed E-state index contributed by atoms with van der Waals surface area (Å²) in [6.45, 7) is 13.9. The minimum Gasteiger partial charge on any atom is -0.381 e. The number of aromatic nitrogens is 2. The van der Waals surface area contributed by atoms with Crippen LogP contribution in [0.15, 0.2) is 30.3 Å². The first-order valence-corrected chi connectivity index (χ1v) is 9.51. The highest BCUT2D eigenvalue weighted by atomic mass is 15.2. The van der Waals surface area contributed by atoms with Gasteiger partial charge in [0.2, 0.25) is 5.95 Å². The average molecular weight is 351 g/mol. The van der Waals surface area contributed by atoms with Crippen molar-refractivity contribution in [2.24, 2.45) is 0 Å². The molecule has 4 heteroatoms. The molecule has 0 saturated carbocycles. The zero-order valence-corrected chi connectivity index (χ0v) is 16.8. The van der Waals surface area contributed by atoms with E-state index in [0.29, 0.717) is 6.04 Å². The molecule has 4 nitrogen and oxygen atoms in total. The SMILES string of the molecule is CCCn1c(Nc2c(C)cc(C)cc2C)nc2cccc(NC(C)C)c21. The first kappa shape index (κ1) is 18.3. The summed E-state index contributed by atoms with van der Waals surface area (Å²) >= 11 is 0. The zero-order chi connectivity index (χ0) is 18.8. The number of hydrogen-bond donors (Lipinski definition) is 2. The van der Waals surface area contributed by atoms with Gasteiger partial charge >= 0.3 is 0 Å². The summed E-state index contributed by atoms with van der Waals surface area (Å²) in [4.78, 5) is 4.91. The summed E-state index contributed by atoms with van der Waals surface area (Å²) in [5, 5.41) is 7.18. The van der Waals surface area contributed by atoms with Gasteiger partial charge in [-0.2, -0.15) is 0 Å². The topological polar surface area (TPSA) is 41.9 Å². The van der Waals surface area contributed by atoms with Gasteiger partial charge in [0.1, 0.15) is 0 Å². The number of rotatable bonds is 6. The van der Waals surface area contributed by atoms with E-state index >= 15 is 0 Å². The van der Waals surface area contributed by atoms with E-state index in [0.717, 1.165) is 35.8 Å². The van der Waals surface area contributed by atoms with E-state index in [1.54, 1.807) is 0 Å². The Labute approximate surface area is 156 Å². The van der Waals surface area contributed by atoms with Crippen molar-refractivity contribution in [3.63, 3.8) is 0 Å². The molecule has 0 aliphatic heterocycles. The van der Waals surface area contributed by atoms with Gasteiger partial charge in [-0.15, -0.1) is 0 Å². The highest BCUT2D eigenvalue weighted by Crippen LogP contribution is 2.31. The number of imidazole rings is 1. The van der Waals surface area contributed by atoms with Crippen LogP contribution in [0.5, 0.6) is 0 Å². The maximum Gasteiger partial charge on any atom is 0.208 e. The molecule has 0 saturated heterocycles. The molecule has 2 N–H and O–H groups in total. The van der Waals surface area contributed by atoms with Gasteiger partial charge in [0.25, 0.3) is 0 Å². The molecule has 138 valence electrons. The molecule has 0 radical (unpaired) electrons. The van der Waals surface area contributed by atoms with E-state index < -0.39 is 0 Å². The summed E-state index contributed by atoms with van der Waals surface area (Å²) in [6, 6.07) is 11.1. The van der Waals surface area contributed by atoms with Crippen molar-refractivity contribution in [1.82, 2.24) is 9.55 Å². The van der Waals surface area contributed by atoms with Gasteiger partial charge in [-0.05, 0) is 64.3 Å². The number of para-hydroxylation sites is 1. The fourth-order valence-electron chi connectivity index (χ4n) is 3.64. The second kappa shape index (κ2) is 7.40. The fraction of sp³-hybridized carbons (Fsp3) is 0.409. The lowest BCUT2D eigenvalue weighted by atomic mass is 10.1. The van der Waals surface area contributed by atoms with E-state index in [9.17, 15) is 0 Å². The molecule has 0 atom stereocenters. The Morgan fingerprint density at radius 1 is 1.08 bits per heavy atom. The number of nitrogens with one attached hydrogen (secondary N) is 2. The van der Waals surface area contributed by atoms with Crippen LogP contribution < -0.4 is 10.6 Å². The van der Waals surface area contributed by atoms with Crippen LogP contribution in [0.25, 0.3) is 11.0 Å². The minimum absolute atomic E-state index is 0.378. The van der Waals surface area contributed by atoms with Crippen molar-refractivity contribution in [1.29, 1.82) is 0 Å². The molecule has 3 rings (SSSR count). The Bertz CT molecular complexity index is 898. The Morgan fingerprint density at radius 3 is 2.38 bits per heavy atom. The van der Waals surface area contributed by atoms with Crippen molar-refractivity contribution in [2.45, 2.75) is 60.5 Å². The van der Waals surface area contributed by atoms with Crippen LogP contribution in [0.2, 0.25) is 0 Å². The third-order valence-electron chi connectivity index (χ3n) is 4.57. The lowest BCUT2D eigenvalue weighted by Gasteiger charge is -2.16. The van der Waals surface area contributed by atoms with Crippen molar-refractivity contribution in [2.75, 3.05) is 10.6 Å². The first-order chi connectivity index (χ1) is 12.4. The number of nitrogens with zero attached hydrogens (tertiary/aromatic N) is 2. The summed E-state index contributed by atoms with van der Waals surface area (Å²) in [7, 11) is 0. The van der Waals surface area contributed by atoms with Crippen LogP contribution in [0.4, 0.5) is 17.3 Å². The normalized spacial score (nSPS) is 11.3.